The van der Waals surface area contributed by atoms with Crippen molar-refractivity contribution in [3.63, 3.8) is 0 Å². The van der Waals surface area contributed by atoms with Crippen molar-refractivity contribution in [1.29, 1.82) is 0 Å². The predicted octanol–water partition coefficient (Wildman–Crippen LogP) is 5.35. The second-order valence-electron chi connectivity index (χ2n) is 7.01. The first-order chi connectivity index (χ1) is 12.5. The Bertz CT molecular complexity index is 725. The molecule has 1 heterocycles. The second-order valence-corrected chi connectivity index (χ2v) is 11.2. The summed E-state index contributed by atoms with van der Waals surface area (Å²) in [6.07, 6.45) is 1.23. The molecule has 2 nitrogen and oxygen atoms in total. The summed E-state index contributed by atoms with van der Waals surface area (Å²) in [6.45, 7) is 6.51. The van der Waals surface area contributed by atoms with E-state index in [4.69, 9.17) is 0 Å². The highest BCUT2D eigenvalue weighted by molar-refractivity contribution is 8.18. The number of nitrogens with one attached hydrogen (secondary N) is 1. The first-order valence-electron chi connectivity index (χ1n) is 9.11. The molecule has 3 rings (SSSR count). The largest absolute Gasteiger partial charge is 0.237 e. The third-order valence-electron chi connectivity index (χ3n) is 4.64. The quantitative estimate of drug-likeness (QED) is 0.702. The van der Waals surface area contributed by atoms with Crippen molar-refractivity contribution in [2.24, 2.45) is 5.92 Å². The van der Waals surface area contributed by atoms with Crippen LogP contribution in [0, 0.1) is 12.8 Å². The first kappa shape index (κ1) is 20.0. The van der Waals surface area contributed by atoms with Crippen LogP contribution in [0.1, 0.15) is 31.4 Å². The van der Waals surface area contributed by atoms with E-state index < -0.39 is 11.0 Å². The Morgan fingerprint density at radius 1 is 1.00 bits per heavy atom. The van der Waals surface area contributed by atoms with Gasteiger partial charge in [0.15, 0.2) is 0 Å². The summed E-state index contributed by atoms with van der Waals surface area (Å²) in [7, 11) is -1.22. The lowest BCUT2D eigenvalue weighted by Crippen LogP contribution is -2.49. The standard InChI is InChI=1S/C21H27NOS3/c1-16(2)20(22-26(23)19-12-10-17(3)11-13-19)21(24-14-7-15-25-21)18-8-5-4-6-9-18/h4-6,8-13,16,20,22H,7,14-15H2,1-3H3/t20-,26-/m0/s1. The summed E-state index contributed by atoms with van der Waals surface area (Å²) in [5.74, 6) is 2.65. The van der Waals surface area contributed by atoms with E-state index in [9.17, 15) is 4.21 Å². The summed E-state index contributed by atoms with van der Waals surface area (Å²) < 4.78 is 16.5. The maximum Gasteiger partial charge on any atom is 0.125 e. The summed E-state index contributed by atoms with van der Waals surface area (Å²) in [6, 6.07) is 18.8. The van der Waals surface area contributed by atoms with Gasteiger partial charge >= 0.3 is 0 Å². The lowest BCUT2D eigenvalue weighted by Gasteiger charge is -2.44. The number of hydrogen-bond acceptors (Lipinski definition) is 3. The van der Waals surface area contributed by atoms with E-state index >= 15 is 0 Å². The van der Waals surface area contributed by atoms with Crippen LogP contribution in [0.25, 0.3) is 0 Å². The normalized spacial score (nSPS) is 19.2. The van der Waals surface area contributed by atoms with Crippen molar-refractivity contribution >= 4 is 34.5 Å². The zero-order chi connectivity index (χ0) is 18.6. The summed E-state index contributed by atoms with van der Waals surface area (Å²) in [5, 5.41) is 0. The Morgan fingerprint density at radius 3 is 2.19 bits per heavy atom. The molecule has 0 spiro atoms. The van der Waals surface area contributed by atoms with Gasteiger partial charge in [-0.05, 0) is 48.5 Å². The Morgan fingerprint density at radius 2 is 1.62 bits per heavy atom. The van der Waals surface area contributed by atoms with Crippen molar-refractivity contribution in [3.05, 3.63) is 65.7 Å². The molecule has 1 aliphatic heterocycles. The van der Waals surface area contributed by atoms with Crippen LogP contribution in [0.4, 0.5) is 0 Å². The number of aryl methyl sites for hydroxylation is 1. The lowest BCUT2D eigenvalue weighted by molar-refractivity contribution is 0.430. The Labute approximate surface area is 168 Å². The van der Waals surface area contributed by atoms with Crippen molar-refractivity contribution in [3.8, 4) is 0 Å². The van der Waals surface area contributed by atoms with E-state index in [0.717, 1.165) is 16.4 Å². The van der Waals surface area contributed by atoms with Gasteiger partial charge in [-0.3, -0.25) is 0 Å². The van der Waals surface area contributed by atoms with Gasteiger partial charge in [-0.1, -0.05) is 61.9 Å². The van der Waals surface area contributed by atoms with Crippen LogP contribution >= 0.6 is 23.5 Å². The number of benzene rings is 2. The van der Waals surface area contributed by atoms with Gasteiger partial charge in [-0.2, -0.15) is 0 Å². The molecule has 2 atom stereocenters. The monoisotopic (exact) mass is 405 g/mol. The third kappa shape index (κ3) is 4.38. The second kappa shape index (κ2) is 8.96. The van der Waals surface area contributed by atoms with E-state index in [1.807, 2.05) is 47.8 Å². The molecular weight excluding hydrogens is 378 g/mol. The van der Waals surface area contributed by atoms with Gasteiger partial charge in [0.05, 0.1) is 10.9 Å². The minimum atomic E-state index is -1.22. The van der Waals surface area contributed by atoms with Crippen molar-refractivity contribution < 1.29 is 4.21 Å². The number of rotatable bonds is 6. The van der Waals surface area contributed by atoms with Gasteiger partial charge in [0, 0.05) is 0 Å². The highest BCUT2D eigenvalue weighted by Crippen LogP contribution is 2.54. The Hall–Kier alpha value is -0.750. The third-order valence-corrected chi connectivity index (χ3v) is 9.34. The van der Waals surface area contributed by atoms with Crippen molar-refractivity contribution in [2.75, 3.05) is 11.5 Å². The van der Waals surface area contributed by atoms with Gasteiger partial charge in [0.25, 0.3) is 0 Å². The van der Waals surface area contributed by atoms with Crippen LogP contribution in [0.3, 0.4) is 0 Å². The maximum atomic E-state index is 13.1. The lowest BCUT2D eigenvalue weighted by atomic mass is 9.96. The van der Waals surface area contributed by atoms with Gasteiger partial charge in [-0.15, -0.1) is 23.5 Å². The predicted molar refractivity (Wildman–Crippen MR) is 117 cm³/mol. The molecule has 5 heteroatoms. The van der Waals surface area contributed by atoms with Crippen LogP contribution in [0.2, 0.25) is 0 Å². The molecule has 0 amide bonds. The fourth-order valence-electron chi connectivity index (χ4n) is 3.24. The topological polar surface area (TPSA) is 29.1 Å². The van der Waals surface area contributed by atoms with E-state index in [1.165, 1.54) is 17.5 Å². The molecule has 26 heavy (non-hydrogen) atoms. The fourth-order valence-corrected chi connectivity index (χ4v) is 8.42. The Balaban J connectivity index is 1.93. The molecule has 1 aliphatic rings. The van der Waals surface area contributed by atoms with Gasteiger partial charge in [0.1, 0.15) is 15.1 Å². The smallest absolute Gasteiger partial charge is 0.125 e. The maximum absolute atomic E-state index is 13.1. The molecule has 2 aromatic rings. The molecule has 140 valence electrons. The van der Waals surface area contributed by atoms with E-state index in [1.54, 1.807) is 0 Å². The van der Waals surface area contributed by atoms with Crippen LogP contribution in [0.5, 0.6) is 0 Å². The van der Waals surface area contributed by atoms with Crippen molar-refractivity contribution in [1.82, 2.24) is 4.72 Å². The van der Waals surface area contributed by atoms with Gasteiger partial charge < -0.3 is 0 Å². The number of hydrogen-bond donors (Lipinski definition) is 1. The molecule has 0 aliphatic carbocycles. The molecule has 0 saturated carbocycles. The number of thioether (sulfide) groups is 2. The van der Waals surface area contributed by atoms with E-state index in [0.29, 0.717) is 5.92 Å². The molecule has 0 bridgehead atoms. The molecular formula is C21H27NOS3. The molecule has 1 saturated heterocycles. The molecule has 0 unspecified atom stereocenters. The Kier molecular flexibility index (Phi) is 6.89. The highest BCUT2D eigenvalue weighted by atomic mass is 32.2. The first-order valence-corrected chi connectivity index (χ1v) is 12.2. The molecule has 1 N–H and O–H groups in total. The fraction of sp³-hybridized carbons (Fsp3) is 0.429. The van der Waals surface area contributed by atoms with Crippen LogP contribution in [-0.4, -0.2) is 21.8 Å². The average Bonchev–Trinajstić information content (AvgIpc) is 2.67. The molecule has 0 aromatic heterocycles. The SMILES string of the molecule is Cc1ccc([S@](=O)N[C@@H](C(C)C)C2(c3ccccc3)SCCCS2)cc1. The summed E-state index contributed by atoms with van der Waals surface area (Å²) >= 11 is 4.01. The van der Waals surface area contributed by atoms with Gasteiger partial charge in [-0.25, -0.2) is 8.93 Å². The zero-order valence-corrected chi connectivity index (χ0v) is 18.1. The average molecular weight is 406 g/mol. The minimum absolute atomic E-state index is 0.103. The van der Waals surface area contributed by atoms with Crippen LogP contribution in [0.15, 0.2) is 59.5 Å². The van der Waals surface area contributed by atoms with Crippen LogP contribution in [-0.2, 0) is 15.1 Å². The minimum Gasteiger partial charge on any atom is -0.237 e. The van der Waals surface area contributed by atoms with E-state index in [-0.39, 0.29) is 10.1 Å². The summed E-state index contributed by atoms with van der Waals surface area (Å²) in [5.41, 5.74) is 2.51. The van der Waals surface area contributed by atoms with Gasteiger partial charge in [0.2, 0.25) is 0 Å². The molecule has 2 aromatic carbocycles. The molecule has 1 fully saturated rings. The van der Waals surface area contributed by atoms with Crippen molar-refractivity contribution in [2.45, 2.75) is 42.2 Å². The van der Waals surface area contributed by atoms with Crippen LogP contribution < -0.4 is 4.72 Å². The summed E-state index contributed by atoms with van der Waals surface area (Å²) in [4.78, 5) is 0.843. The zero-order valence-electron chi connectivity index (χ0n) is 15.6. The highest BCUT2D eigenvalue weighted by Gasteiger charge is 2.45. The molecule has 0 radical (unpaired) electrons. The van der Waals surface area contributed by atoms with E-state index in [2.05, 4.69) is 55.8 Å².